The molecule has 0 aliphatic heterocycles. The van der Waals surface area contributed by atoms with Crippen LogP contribution in [0.5, 0.6) is 0 Å². The van der Waals surface area contributed by atoms with Crippen molar-refractivity contribution < 1.29 is 35.3 Å². The third kappa shape index (κ3) is 4.90. The van der Waals surface area contributed by atoms with E-state index < -0.39 is 40.4 Å². The van der Waals surface area contributed by atoms with E-state index in [0.717, 1.165) is 5.56 Å². The number of hydrogen-bond donors (Lipinski definition) is 1. The highest BCUT2D eigenvalue weighted by Gasteiger charge is 2.57. The van der Waals surface area contributed by atoms with Crippen LogP contribution in [0.25, 0.3) is 0 Å². The van der Waals surface area contributed by atoms with Gasteiger partial charge in [-0.1, -0.05) is 17.7 Å². The third-order valence-electron chi connectivity index (χ3n) is 3.87. The first-order valence-electron chi connectivity index (χ1n) is 7.30. The molecule has 1 N–H and O–H groups in total. The number of halogens is 4. The summed E-state index contributed by atoms with van der Waals surface area (Å²) in [4.78, 5) is -0.00735. The van der Waals surface area contributed by atoms with Crippen LogP contribution in [0, 0.1) is 18.8 Å². The van der Waals surface area contributed by atoms with Gasteiger partial charge in [0.15, 0.2) is 0 Å². The van der Waals surface area contributed by atoms with Gasteiger partial charge < -0.3 is 5.11 Å². The maximum absolute atomic E-state index is 12.6. The van der Waals surface area contributed by atoms with Gasteiger partial charge in [-0.3, -0.25) is 4.18 Å². The predicted octanol–water partition coefficient (Wildman–Crippen LogP) is 2.99. The van der Waals surface area contributed by atoms with Crippen molar-refractivity contribution in [3.8, 4) is 0 Å². The van der Waals surface area contributed by atoms with Gasteiger partial charge in [0.1, 0.15) is 0 Å². The SMILES string of the molecule is Cc1ccc(S(=O)(=O)OCC2CC2(F)F)cc1.OCC1CC1(F)F. The summed E-state index contributed by atoms with van der Waals surface area (Å²) < 4.78 is 76.2. The van der Waals surface area contributed by atoms with Crippen LogP contribution in [-0.4, -0.2) is 38.6 Å². The normalized spacial score (nSPS) is 26.2. The van der Waals surface area contributed by atoms with Gasteiger partial charge in [-0.25, -0.2) is 17.6 Å². The molecule has 1 aromatic carbocycles. The Hall–Kier alpha value is -1.19. The lowest BCUT2D eigenvalue weighted by Gasteiger charge is -2.05. The molecule has 1 aromatic rings. The fourth-order valence-corrected chi connectivity index (χ4v) is 2.81. The monoisotopic (exact) mass is 370 g/mol. The minimum absolute atomic E-state index is 0.00735. The zero-order valence-corrected chi connectivity index (χ0v) is 13.7. The highest BCUT2D eigenvalue weighted by atomic mass is 32.2. The molecule has 9 heteroatoms. The molecule has 0 amide bonds. The molecular weight excluding hydrogens is 352 g/mol. The molecule has 24 heavy (non-hydrogen) atoms. The average Bonchev–Trinajstić information content (AvgIpc) is 3.32. The minimum Gasteiger partial charge on any atom is -0.396 e. The molecule has 0 spiro atoms. The Morgan fingerprint density at radius 1 is 1.08 bits per heavy atom. The maximum atomic E-state index is 12.6. The van der Waals surface area contributed by atoms with Crippen LogP contribution in [0.15, 0.2) is 29.2 Å². The first-order valence-corrected chi connectivity index (χ1v) is 8.71. The van der Waals surface area contributed by atoms with E-state index in [4.69, 9.17) is 5.11 Å². The Bertz CT molecular complexity index is 673. The Morgan fingerprint density at radius 2 is 1.54 bits per heavy atom. The highest BCUT2D eigenvalue weighted by Crippen LogP contribution is 2.49. The van der Waals surface area contributed by atoms with Crippen LogP contribution in [0.3, 0.4) is 0 Å². The van der Waals surface area contributed by atoms with E-state index in [-0.39, 0.29) is 24.3 Å². The summed E-state index contributed by atoms with van der Waals surface area (Å²) in [7, 11) is -3.92. The molecule has 2 atom stereocenters. The lowest BCUT2D eigenvalue weighted by molar-refractivity contribution is 0.0820. The van der Waals surface area contributed by atoms with E-state index in [2.05, 4.69) is 4.18 Å². The summed E-state index contributed by atoms with van der Waals surface area (Å²) in [5, 5.41) is 8.06. The fourth-order valence-electron chi connectivity index (χ4n) is 1.86. The fraction of sp³-hybridized carbons (Fsp3) is 0.600. The Balaban J connectivity index is 0.000000249. The van der Waals surface area contributed by atoms with Gasteiger partial charge in [-0.15, -0.1) is 0 Å². The van der Waals surface area contributed by atoms with Crippen molar-refractivity contribution in [3.63, 3.8) is 0 Å². The highest BCUT2D eigenvalue weighted by molar-refractivity contribution is 7.86. The average molecular weight is 370 g/mol. The molecular formula is C15H18F4O4S. The van der Waals surface area contributed by atoms with Crippen molar-refractivity contribution in [2.75, 3.05) is 13.2 Å². The lowest BCUT2D eigenvalue weighted by atomic mass is 10.2. The molecule has 136 valence electrons. The van der Waals surface area contributed by atoms with Crippen LogP contribution >= 0.6 is 0 Å². The summed E-state index contributed by atoms with van der Waals surface area (Å²) in [5.74, 6) is -6.99. The molecule has 3 rings (SSSR count). The summed E-state index contributed by atoms with van der Waals surface area (Å²) in [6, 6.07) is 6.05. The molecule has 2 saturated carbocycles. The molecule has 0 radical (unpaired) electrons. The number of rotatable bonds is 5. The largest absolute Gasteiger partial charge is 0.396 e. The number of benzene rings is 1. The molecule has 2 aliphatic carbocycles. The Labute approximate surface area is 137 Å². The van der Waals surface area contributed by atoms with Crippen molar-refractivity contribution >= 4 is 10.1 Å². The standard InChI is InChI=1S/C11H12F2O3S.C4H6F2O/c1-8-2-4-10(5-3-8)17(14,15)16-7-9-6-11(9,12)13;5-4(6)1-3(4)2-7/h2-5,9H,6-7H2,1H3;3,7H,1-2H2. The topological polar surface area (TPSA) is 63.6 Å². The van der Waals surface area contributed by atoms with Crippen molar-refractivity contribution in [1.29, 1.82) is 0 Å². The predicted molar refractivity (Wildman–Crippen MR) is 77.5 cm³/mol. The quantitative estimate of drug-likeness (QED) is 0.639. The molecule has 2 fully saturated rings. The van der Waals surface area contributed by atoms with Crippen LogP contribution in [-0.2, 0) is 14.3 Å². The van der Waals surface area contributed by atoms with E-state index in [0.29, 0.717) is 0 Å². The van der Waals surface area contributed by atoms with E-state index >= 15 is 0 Å². The Morgan fingerprint density at radius 3 is 1.88 bits per heavy atom. The second kappa shape index (κ2) is 6.61. The number of aryl methyl sites for hydroxylation is 1. The van der Waals surface area contributed by atoms with Crippen molar-refractivity contribution in [2.24, 2.45) is 11.8 Å². The molecule has 0 bridgehead atoms. The molecule has 0 saturated heterocycles. The summed E-state index contributed by atoms with van der Waals surface area (Å²) in [5.41, 5.74) is 0.915. The molecule has 2 aliphatic rings. The third-order valence-corrected chi connectivity index (χ3v) is 5.16. The summed E-state index contributed by atoms with van der Waals surface area (Å²) in [6.45, 7) is 0.998. The smallest absolute Gasteiger partial charge is 0.296 e. The maximum Gasteiger partial charge on any atom is 0.296 e. The first-order chi connectivity index (χ1) is 11.0. The molecule has 0 aromatic heterocycles. The van der Waals surface area contributed by atoms with Gasteiger partial charge in [0.2, 0.25) is 0 Å². The number of aliphatic hydroxyl groups excluding tert-OH is 1. The zero-order chi connectivity index (χ0) is 18.2. The van der Waals surface area contributed by atoms with Gasteiger partial charge >= 0.3 is 0 Å². The van der Waals surface area contributed by atoms with Gasteiger partial charge in [0, 0.05) is 12.8 Å². The van der Waals surface area contributed by atoms with Crippen molar-refractivity contribution in [3.05, 3.63) is 29.8 Å². The second-order valence-corrected chi connectivity index (χ2v) is 7.67. The van der Waals surface area contributed by atoms with E-state index in [1.807, 2.05) is 6.92 Å². The summed E-state index contributed by atoms with van der Waals surface area (Å²) in [6.07, 6.45) is -0.417. The van der Waals surface area contributed by atoms with E-state index in [9.17, 15) is 26.0 Å². The Kier molecular flexibility index (Phi) is 5.27. The first kappa shape index (κ1) is 19.1. The molecule has 0 heterocycles. The van der Waals surface area contributed by atoms with Crippen molar-refractivity contribution in [1.82, 2.24) is 0 Å². The zero-order valence-electron chi connectivity index (χ0n) is 12.9. The van der Waals surface area contributed by atoms with Crippen molar-refractivity contribution in [2.45, 2.75) is 36.5 Å². The number of alkyl halides is 4. The second-order valence-electron chi connectivity index (χ2n) is 6.06. The molecule has 2 unspecified atom stereocenters. The van der Waals surface area contributed by atoms with Gasteiger partial charge in [0.05, 0.1) is 29.9 Å². The summed E-state index contributed by atoms with van der Waals surface area (Å²) >= 11 is 0. The minimum atomic E-state index is -3.92. The molecule has 4 nitrogen and oxygen atoms in total. The van der Waals surface area contributed by atoms with E-state index in [1.165, 1.54) is 12.1 Å². The van der Waals surface area contributed by atoms with Crippen LogP contribution in [0.1, 0.15) is 18.4 Å². The van der Waals surface area contributed by atoms with E-state index in [1.54, 1.807) is 12.1 Å². The van der Waals surface area contributed by atoms with Crippen LogP contribution < -0.4 is 0 Å². The number of aliphatic hydroxyl groups is 1. The van der Waals surface area contributed by atoms with Crippen LogP contribution in [0.2, 0.25) is 0 Å². The van der Waals surface area contributed by atoms with Crippen LogP contribution in [0.4, 0.5) is 17.6 Å². The number of hydrogen-bond acceptors (Lipinski definition) is 4. The lowest BCUT2D eigenvalue weighted by Crippen LogP contribution is -2.11. The van der Waals surface area contributed by atoms with Gasteiger partial charge in [-0.2, -0.15) is 8.42 Å². The van der Waals surface area contributed by atoms with Gasteiger partial charge in [0.25, 0.3) is 22.0 Å². The van der Waals surface area contributed by atoms with Gasteiger partial charge in [-0.05, 0) is 19.1 Å².